The van der Waals surface area contributed by atoms with Crippen molar-refractivity contribution in [1.29, 1.82) is 0 Å². The van der Waals surface area contributed by atoms with E-state index in [4.69, 9.17) is 9.47 Å². The van der Waals surface area contributed by atoms with Crippen molar-refractivity contribution in [3.05, 3.63) is 44.8 Å². The van der Waals surface area contributed by atoms with Gasteiger partial charge in [-0.25, -0.2) is 0 Å². The lowest BCUT2D eigenvalue weighted by atomic mass is 9.76. The minimum atomic E-state index is -0.219. The van der Waals surface area contributed by atoms with E-state index in [0.29, 0.717) is 19.8 Å². The first-order valence-electron chi connectivity index (χ1n) is 7.57. The van der Waals surface area contributed by atoms with Crippen molar-refractivity contribution in [2.45, 2.75) is 13.3 Å². The Kier molecular flexibility index (Phi) is 5.38. The second kappa shape index (κ2) is 7.49. The molecule has 3 heterocycles. The van der Waals surface area contributed by atoms with Crippen LogP contribution >= 0.6 is 22.7 Å². The van der Waals surface area contributed by atoms with E-state index in [1.807, 2.05) is 0 Å². The number of hydrogen-bond donors (Lipinski definition) is 0. The average Bonchev–Trinajstić information content (AvgIpc) is 3.27. The minimum Gasteiger partial charge on any atom is -0.382 e. The maximum absolute atomic E-state index is 5.70. The third-order valence-electron chi connectivity index (χ3n) is 3.98. The van der Waals surface area contributed by atoms with E-state index in [9.17, 15) is 0 Å². The molecule has 1 aliphatic rings. The predicted molar refractivity (Wildman–Crippen MR) is 97.1 cm³/mol. The zero-order valence-electron chi connectivity index (χ0n) is 13.3. The summed E-state index contributed by atoms with van der Waals surface area (Å²) in [6.45, 7) is 4.11. The van der Waals surface area contributed by atoms with Gasteiger partial charge in [-0.05, 0) is 36.2 Å². The van der Waals surface area contributed by atoms with Crippen LogP contribution in [0.1, 0.15) is 23.1 Å². The summed E-state index contributed by atoms with van der Waals surface area (Å²) in [7, 11) is 1.69. The summed E-state index contributed by atoms with van der Waals surface area (Å²) in [5.41, 5.74) is 1.88. The Morgan fingerprint density at radius 3 is 2.04 bits per heavy atom. The lowest BCUT2D eigenvalue weighted by Gasteiger charge is -2.27. The summed E-state index contributed by atoms with van der Waals surface area (Å²) in [5, 5.41) is 13.2. The molecule has 3 rings (SSSR count). The highest BCUT2D eigenvalue weighted by Crippen LogP contribution is 2.38. The van der Waals surface area contributed by atoms with Crippen LogP contribution in [0.25, 0.3) is 0 Å². The van der Waals surface area contributed by atoms with Crippen molar-refractivity contribution in [1.82, 2.24) is 0 Å². The van der Waals surface area contributed by atoms with Crippen LogP contribution in [-0.4, -0.2) is 38.4 Å². The molecule has 2 aromatic heterocycles. The van der Waals surface area contributed by atoms with E-state index >= 15 is 0 Å². The Morgan fingerprint density at radius 2 is 1.57 bits per heavy atom. The minimum absolute atomic E-state index is 0.219. The van der Waals surface area contributed by atoms with Crippen molar-refractivity contribution in [3.8, 4) is 0 Å². The molecule has 4 nitrogen and oxygen atoms in total. The Balaban J connectivity index is 1.79. The van der Waals surface area contributed by atoms with Crippen LogP contribution < -0.4 is 0 Å². The van der Waals surface area contributed by atoms with Gasteiger partial charge in [0, 0.05) is 13.7 Å². The molecule has 0 unspecified atom stereocenters. The predicted octanol–water partition coefficient (Wildman–Crippen LogP) is 4.08. The van der Waals surface area contributed by atoms with E-state index < -0.39 is 0 Å². The van der Waals surface area contributed by atoms with Crippen molar-refractivity contribution in [3.63, 3.8) is 0 Å². The van der Waals surface area contributed by atoms with Gasteiger partial charge >= 0.3 is 0 Å². The molecule has 6 heteroatoms. The van der Waals surface area contributed by atoms with Crippen molar-refractivity contribution in [2.75, 3.05) is 26.9 Å². The van der Waals surface area contributed by atoms with Gasteiger partial charge in [0.25, 0.3) is 0 Å². The lowest BCUT2D eigenvalue weighted by Crippen LogP contribution is -2.35. The molecule has 0 radical (unpaired) electrons. The van der Waals surface area contributed by atoms with Crippen LogP contribution in [0.4, 0.5) is 0 Å². The first-order valence-corrected chi connectivity index (χ1v) is 9.32. The number of methoxy groups -OCH3 is 1. The normalized spacial score (nSPS) is 16.4. The molecule has 0 bridgehead atoms. The summed E-state index contributed by atoms with van der Waals surface area (Å²) in [6.07, 6.45) is 0.851. The van der Waals surface area contributed by atoms with Gasteiger partial charge in [0.05, 0.1) is 39.8 Å². The Hall–Kier alpha value is -1.34. The Labute approximate surface area is 144 Å². The molecule has 122 valence electrons. The monoisotopic (exact) mass is 348 g/mol. The summed E-state index contributed by atoms with van der Waals surface area (Å²) in [4.78, 5) is 2.36. The summed E-state index contributed by atoms with van der Waals surface area (Å²) >= 11 is 3.42. The highest BCUT2D eigenvalue weighted by atomic mass is 32.1. The second-order valence-corrected chi connectivity index (χ2v) is 7.43. The van der Waals surface area contributed by atoms with Crippen LogP contribution in [0.3, 0.4) is 0 Å². The highest BCUT2D eigenvalue weighted by molar-refractivity contribution is 7.13. The summed E-state index contributed by atoms with van der Waals surface area (Å²) in [5.74, 6) is 0. The third kappa shape index (κ3) is 3.45. The molecule has 0 fully saturated rings. The smallest absolute Gasteiger partial charge is 0.0922 e. The summed E-state index contributed by atoms with van der Waals surface area (Å²) in [6, 6.07) is 8.34. The molecule has 1 aliphatic heterocycles. The SMILES string of the molecule is COCCOCCC1(C)C(c2cccs2)=NN=C1c1cccs1. The lowest BCUT2D eigenvalue weighted by molar-refractivity contribution is 0.0650. The van der Waals surface area contributed by atoms with Gasteiger partial charge in [0.15, 0.2) is 0 Å². The topological polar surface area (TPSA) is 43.2 Å². The van der Waals surface area contributed by atoms with Gasteiger partial charge in [-0.1, -0.05) is 12.1 Å². The number of hydrogen-bond acceptors (Lipinski definition) is 6. The van der Waals surface area contributed by atoms with E-state index in [1.165, 1.54) is 9.75 Å². The van der Waals surface area contributed by atoms with Crippen molar-refractivity contribution >= 4 is 34.1 Å². The molecule has 0 aromatic carbocycles. The van der Waals surface area contributed by atoms with Gasteiger partial charge < -0.3 is 9.47 Å². The molecular weight excluding hydrogens is 328 g/mol. The first kappa shape index (κ1) is 16.5. The summed E-state index contributed by atoms with van der Waals surface area (Å²) < 4.78 is 10.7. The largest absolute Gasteiger partial charge is 0.382 e. The van der Waals surface area contributed by atoms with E-state index in [2.05, 4.69) is 52.2 Å². The number of nitrogens with zero attached hydrogens (tertiary/aromatic N) is 2. The number of thiophene rings is 2. The molecule has 0 saturated carbocycles. The van der Waals surface area contributed by atoms with Gasteiger partial charge in [0.1, 0.15) is 0 Å². The average molecular weight is 348 g/mol. The van der Waals surface area contributed by atoms with Gasteiger partial charge in [-0.15, -0.1) is 22.7 Å². The van der Waals surface area contributed by atoms with Crippen LogP contribution in [0.2, 0.25) is 0 Å². The molecule has 0 N–H and O–H groups in total. The van der Waals surface area contributed by atoms with E-state index in [0.717, 1.165) is 17.8 Å². The second-order valence-electron chi connectivity index (χ2n) is 5.54. The van der Waals surface area contributed by atoms with Crippen molar-refractivity contribution in [2.24, 2.45) is 15.6 Å². The third-order valence-corrected chi connectivity index (χ3v) is 5.74. The quantitative estimate of drug-likeness (QED) is 0.675. The van der Waals surface area contributed by atoms with Crippen LogP contribution in [0, 0.1) is 5.41 Å². The fourth-order valence-corrected chi connectivity index (χ4v) is 4.34. The Morgan fingerprint density at radius 1 is 0.957 bits per heavy atom. The molecule has 0 spiro atoms. The van der Waals surface area contributed by atoms with Crippen LogP contribution in [0.5, 0.6) is 0 Å². The zero-order valence-corrected chi connectivity index (χ0v) is 15.0. The molecule has 0 saturated heterocycles. The fourth-order valence-electron chi connectivity index (χ4n) is 2.66. The van der Waals surface area contributed by atoms with Gasteiger partial charge in [-0.3, -0.25) is 0 Å². The van der Waals surface area contributed by atoms with Gasteiger partial charge in [0.2, 0.25) is 0 Å². The Bertz CT molecular complexity index is 625. The van der Waals surface area contributed by atoms with Gasteiger partial charge in [-0.2, -0.15) is 10.2 Å². The molecule has 0 atom stereocenters. The highest BCUT2D eigenvalue weighted by Gasteiger charge is 2.42. The fraction of sp³-hybridized carbons (Fsp3) is 0.412. The molecule has 23 heavy (non-hydrogen) atoms. The molecule has 2 aromatic rings. The molecule has 0 amide bonds. The molecule has 0 aliphatic carbocycles. The maximum Gasteiger partial charge on any atom is 0.0922 e. The van der Waals surface area contributed by atoms with Crippen LogP contribution in [0.15, 0.2) is 45.2 Å². The standard InChI is InChI=1S/C17H20N2O2S2/c1-17(7-8-21-10-9-20-2)15(13-5-3-11-22-13)18-19-16(17)14-6-4-12-23-14/h3-6,11-12H,7-10H2,1-2H3. The van der Waals surface area contributed by atoms with Crippen LogP contribution in [-0.2, 0) is 9.47 Å². The molecular formula is C17H20N2O2S2. The number of ether oxygens (including phenoxy) is 2. The van der Waals surface area contributed by atoms with E-state index in [1.54, 1.807) is 29.8 Å². The zero-order chi connectivity index (χ0) is 16.1. The first-order chi connectivity index (χ1) is 11.3. The van der Waals surface area contributed by atoms with Crippen molar-refractivity contribution < 1.29 is 9.47 Å². The number of rotatable bonds is 8. The van der Waals surface area contributed by atoms with E-state index in [-0.39, 0.29) is 5.41 Å². The maximum atomic E-state index is 5.70.